The summed E-state index contributed by atoms with van der Waals surface area (Å²) in [5, 5.41) is 12.6. The van der Waals surface area contributed by atoms with Crippen LogP contribution >= 0.6 is 11.6 Å². The fourth-order valence-corrected chi connectivity index (χ4v) is 5.57. The number of ether oxygens (including phenoxy) is 1. The van der Waals surface area contributed by atoms with Gasteiger partial charge in [-0.15, -0.1) is 0 Å². The van der Waals surface area contributed by atoms with Crippen molar-refractivity contribution in [3.63, 3.8) is 0 Å². The van der Waals surface area contributed by atoms with E-state index in [0.717, 1.165) is 22.3 Å². The van der Waals surface area contributed by atoms with E-state index in [4.69, 9.17) is 16.3 Å². The maximum atomic E-state index is 12.9. The molecule has 1 heterocycles. The number of methoxy groups -OCH3 is 1. The molecule has 0 aromatic heterocycles. The molecular formula is C31H24ClNO6S. The Balaban J connectivity index is 1.49. The van der Waals surface area contributed by atoms with Crippen LogP contribution in [0.4, 0.5) is 5.69 Å². The molecule has 0 unspecified atom stereocenters. The van der Waals surface area contributed by atoms with Crippen molar-refractivity contribution in [2.45, 2.75) is 11.3 Å². The van der Waals surface area contributed by atoms with Crippen molar-refractivity contribution < 1.29 is 27.9 Å². The Hall–Kier alpha value is -4.40. The van der Waals surface area contributed by atoms with Crippen LogP contribution in [0.2, 0.25) is 5.02 Å². The van der Waals surface area contributed by atoms with Gasteiger partial charge in [0.1, 0.15) is 5.75 Å². The average molecular weight is 574 g/mol. The monoisotopic (exact) mass is 573 g/mol. The van der Waals surface area contributed by atoms with Crippen LogP contribution in [0.3, 0.4) is 0 Å². The molecule has 1 amide bonds. The highest BCUT2D eigenvalue weighted by molar-refractivity contribution is 7.90. The molecule has 0 saturated heterocycles. The Morgan fingerprint density at radius 3 is 2.15 bits per heavy atom. The molecule has 0 spiro atoms. The van der Waals surface area contributed by atoms with E-state index >= 15 is 0 Å². The Morgan fingerprint density at radius 2 is 1.55 bits per heavy atom. The summed E-state index contributed by atoms with van der Waals surface area (Å²) in [6.45, 7) is 0. The van der Waals surface area contributed by atoms with Gasteiger partial charge in [-0.2, -0.15) is 0 Å². The van der Waals surface area contributed by atoms with Crippen LogP contribution in [0.1, 0.15) is 16.7 Å². The zero-order valence-electron chi connectivity index (χ0n) is 21.6. The van der Waals surface area contributed by atoms with Crippen molar-refractivity contribution >= 4 is 50.7 Å². The Morgan fingerprint density at radius 1 is 0.925 bits per heavy atom. The van der Waals surface area contributed by atoms with Gasteiger partial charge in [0.2, 0.25) is 0 Å². The van der Waals surface area contributed by atoms with E-state index in [-0.39, 0.29) is 17.2 Å². The number of nitrogens with one attached hydrogen (secondary N) is 1. The third-order valence-electron chi connectivity index (χ3n) is 6.66. The highest BCUT2D eigenvalue weighted by Gasteiger charge is 2.26. The van der Waals surface area contributed by atoms with E-state index in [9.17, 15) is 23.1 Å². The first-order valence-electron chi connectivity index (χ1n) is 12.2. The SMILES string of the molecule is COc1ccc(C=C2C(=O)Nc3cc(Cl)c(-c4ccc(-c5ccc(S(C)(=O)=O)cc5)cc4)cc32)cc1CC(=O)O. The van der Waals surface area contributed by atoms with Crippen molar-refractivity contribution in [3.05, 3.63) is 101 Å². The van der Waals surface area contributed by atoms with Gasteiger partial charge in [-0.25, -0.2) is 8.42 Å². The van der Waals surface area contributed by atoms with Gasteiger partial charge in [0.15, 0.2) is 9.84 Å². The van der Waals surface area contributed by atoms with E-state index in [0.29, 0.717) is 38.7 Å². The lowest BCUT2D eigenvalue weighted by atomic mass is 9.96. The first-order chi connectivity index (χ1) is 19.0. The Labute approximate surface area is 236 Å². The van der Waals surface area contributed by atoms with Gasteiger partial charge >= 0.3 is 5.97 Å². The summed E-state index contributed by atoms with van der Waals surface area (Å²) in [5.74, 6) is -0.806. The molecule has 202 valence electrons. The summed E-state index contributed by atoms with van der Waals surface area (Å²) >= 11 is 6.62. The number of anilines is 1. The molecular weight excluding hydrogens is 550 g/mol. The van der Waals surface area contributed by atoms with Crippen LogP contribution in [0, 0.1) is 0 Å². The zero-order chi connectivity index (χ0) is 28.6. The molecule has 40 heavy (non-hydrogen) atoms. The van der Waals surface area contributed by atoms with Gasteiger partial charge in [-0.3, -0.25) is 9.59 Å². The van der Waals surface area contributed by atoms with Crippen molar-refractivity contribution in [3.8, 4) is 28.0 Å². The van der Waals surface area contributed by atoms with Gasteiger partial charge in [0.25, 0.3) is 5.91 Å². The highest BCUT2D eigenvalue weighted by Crippen LogP contribution is 2.41. The molecule has 4 aromatic rings. The zero-order valence-corrected chi connectivity index (χ0v) is 23.1. The number of fused-ring (bicyclic) bond motifs is 1. The smallest absolute Gasteiger partial charge is 0.307 e. The number of carboxylic acid groups (broad SMARTS) is 1. The van der Waals surface area contributed by atoms with E-state index in [1.807, 2.05) is 30.3 Å². The topological polar surface area (TPSA) is 110 Å². The maximum Gasteiger partial charge on any atom is 0.307 e. The number of sulfone groups is 1. The van der Waals surface area contributed by atoms with Crippen LogP contribution in [-0.2, 0) is 25.8 Å². The molecule has 5 rings (SSSR count). The Kier molecular flexibility index (Phi) is 7.23. The number of carbonyl (C=O) groups is 2. The standard InChI is InChI=1S/C31H24ClNO6S/c1-39-29-12-3-18(13-22(29)15-30(34)35)14-26-25-16-24(27(32)17-28(25)33-31(26)36)21-6-4-19(5-7-21)20-8-10-23(11-9-20)40(2,37)38/h3-14,16-17H,15H2,1-2H3,(H,33,36)(H,34,35). The second-order valence-corrected chi connectivity index (χ2v) is 11.8. The summed E-state index contributed by atoms with van der Waals surface area (Å²) in [7, 11) is -1.79. The molecule has 1 aliphatic rings. The highest BCUT2D eigenvalue weighted by atomic mass is 35.5. The van der Waals surface area contributed by atoms with E-state index in [1.165, 1.54) is 13.4 Å². The predicted molar refractivity (Wildman–Crippen MR) is 156 cm³/mol. The van der Waals surface area contributed by atoms with Gasteiger partial charge in [-0.05, 0) is 64.7 Å². The van der Waals surface area contributed by atoms with Crippen molar-refractivity contribution in [1.82, 2.24) is 0 Å². The normalized spacial score (nSPS) is 13.7. The minimum Gasteiger partial charge on any atom is -0.496 e. The summed E-state index contributed by atoms with van der Waals surface area (Å²) in [4.78, 5) is 24.4. The van der Waals surface area contributed by atoms with Crippen LogP contribution in [-0.4, -0.2) is 38.8 Å². The lowest BCUT2D eigenvalue weighted by Gasteiger charge is -2.10. The van der Waals surface area contributed by atoms with Gasteiger partial charge < -0.3 is 15.2 Å². The van der Waals surface area contributed by atoms with Crippen molar-refractivity contribution in [2.75, 3.05) is 18.7 Å². The van der Waals surface area contributed by atoms with E-state index in [1.54, 1.807) is 54.6 Å². The molecule has 2 N–H and O–H groups in total. The van der Waals surface area contributed by atoms with Crippen LogP contribution in [0.25, 0.3) is 33.9 Å². The summed E-state index contributed by atoms with van der Waals surface area (Å²) < 4.78 is 28.8. The molecule has 0 atom stereocenters. The Bertz CT molecular complexity index is 1790. The second-order valence-electron chi connectivity index (χ2n) is 9.41. The fourth-order valence-electron chi connectivity index (χ4n) is 4.67. The third kappa shape index (κ3) is 5.50. The first kappa shape index (κ1) is 27.2. The summed E-state index contributed by atoms with van der Waals surface area (Å²) in [5.41, 5.74) is 6.24. The number of benzene rings is 4. The maximum absolute atomic E-state index is 12.9. The number of hydrogen-bond donors (Lipinski definition) is 2. The predicted octanol–water partition coefficient (Wildman–Crippen LogP) is 6.21. The molecule has 0 aliphatic carbocycles. The van der Waals surface area contributed by atoms with Crippen LogP contribution < -0.4 is 10.1 Å². The number of halogens is 1. The molecule has 9 heteroatoms. The number of rotatable bonds is 7. The molecule has 0 saturated carbocycles. The summed E-state index contributed by atoms with van der Waals surface area (Å²) in [6, 6.07) is 23.1. The second kappa shape index (κ2) is 10.6. The minimum absolute atomic E-state index is 0.208. The average Bonchev–Trinajstić information content (AvgIpc) is 3.21. The molecule has 0 fully saturated rings. The lowest BCUT2D eigenvalue weighted by molar-refractivity contribution is -0.136. The van der Waals surface area contributed by atoms with Gasteiger partial charge in [-0.1, -0.05) is 54.1 Å². The minimum atomic E-state index is -3.27. The number of carboxylic acids is 1. The van der Waals surface area contributed by atoms with E-state index in [2.05, 4.69) is 5.32 Å². The molecule has 4 aromatic carbocycles. The van der Waals surface area contributed by atoms with Crippen molar-refractivity contribution in [1.29, 1.82) is 0 Å². The largest absolute Gasteiger partial charge is 0.496 e. The summed E-state index contributed by atoms with van der Waals surface area (Å²) in [6.07, 6.45) is 2.68. The quantitative estimate of drug-likeness (QED) is 0.255. The lowest BCUT2D eigenvalue weighted by Crippen LogP contribution is -2.04. The van der Waals surface area contributed by atoms with Crippen LogP contribution in [0.15, 0.2) is 83.8 Å². The number of hydrogen-bond acceptors (Lipinski definition) is 5. The number of amides is 1. The van der Waals surface area contributed by atoms with E-state index < -0.39 is 15.8 Å². The molecule has 1 aliphatic heterocycles. The van der Waals surface area contributed by atoms with Crippen LogP contribution in [0.5, 0.6) is 5.75 Å². The number of carbonyl (C=O) groups excluding carboxylic acids is 1. The number of aliphatic carboxylic acids is 1. The van der Waals surface area contributed by atoms with Crippen molar-refractivity contribution in [2.24, 2.45) is 0 Å². The first-order valence-corrected chi connectivity index (χ1v) is 14.5. The molecule has 0 radical (unpaired) electrons. The van der Waals surface area contributed by atoms with Gasteiger partial charge in [0.05, 0.1) is 29.1 Å². The third-order valence-corrected chi connectivity index (χ3v) is 8.10. The molecule has 0 bridgehead atoms. The fraction of sp³-hybridized carbons (Fsp3) is 0.0968. The molecule has 7 nitrogen and oxygen atoms in total. The van der Waals surface area contributed by atoms with Gasteiger partial charge in [0, 0.05) is 28.5 Å².